The summed E-state index contributed by atoms with van der Waals surface area (Å²) < 4.78 is 0. The predicted octanol–water partition coefficient (Wildman–Crippen LogP) is 1.91. The highest BCUT2D eigenvalue weighted by atomic mass is 16.3. The van der Waals surface area contributed by atoms with Gasteiger partial charge in [0, 0.05) is 12.6 Å². The third-order valence-corrected chi connectivity index (χ3v) is 3.23. The van der Waals surface area contributed by atoms with Crippen LogP contribution in [0.3, 0.4) is 0 Å². The molecule has 18 heavy (non-hydrogen) atoms. The van der Waals surface area contributed by atoms with E-state index in [1.54, 1.807) is 4.90 Å². The van der Waals surface area contributed by atoms with Crippen molar-refractivity contribution in [2.75, 3.05) is 13.2 Å². The third kappa shape index (κ3) is 3.23. The van der Waals surface area contributed by atoms with Crippen molar-refractivity contribution in [3.05, 3.63) is 35.9 Å². The van der Waals surface area contributed by atoms with Crippen molar-refractivity contribution in [2.24, 2.45) is 0 Å². The Kier molecular flexibility index (Phi) is 4.20. The van der Waals surface area contributed by atoms with Crippen molar-refractivity contribution in [3.8, 4) is 0 Å². The van der Waals surface area contributed by atoms with Gasteiger partial charge in [0.25, 0.3) is 0 Å². The molecule has 2 amide bonds. The predicted molar refractivity (Wildman–Crippen MR) is 70.2 cm³/mol. The lowest BCUT2D eigenvalue weighted by molar-refractivity contribution is 0.171. The van der Waals surface area contributed by atoms with Gasteiger partial charge in [0.1, 0.15) is 0 Å². The topological polar surface area (TPSA) is 52.6 Å². The van der Waals surface area contributed by atoms with Crippen LogP contribution in [0.5, 0.6) is 0 Å². The summed E-state index contributed by atoms with van der Waals surface area (Å²) in [5.74, 6) is 0. The largest absolute Gasteiger partial charge is 0.395 e. The van der Waals surface area contributed by atoms with Crippen molar-refractivity contribution < 1.29 is 9.90 Å². The van der Waals surface area contributed by atoms with Crippen LogP contribution in [-0.2, 0) is 0 Å². The first kappa shape index (κ1) is 12.9. The summed E-state index contributed by atoms with van der Waals surface area (Å²) >= 11 is 0. The van der Waals surface area contributed by atoms with E-state index in [4.69, 9.17) is 5.11 Å². The van der Waals surface area contributed by atoms with Gasteiger partial charge in [0.05, 0.1) is 12.6 Å². The van der Waals surface area contributed by atoms with Crippen LogP contribution in [0.15, 0.2) is 30.3 Å². The smallest absolute Gasteiger partial charge is 0.318 e. The van der Waals surface area contributed by atoms with Crippen LogP contribution >= 0.6 is 0 Å². The van der Waals surface area contributed by atoms with E-state index in [2.05, 4.69) is 5.32 Å². The fourth-order valence-corrected chi connectivity index (χ4v) is 2.04. The number of hydrogen-bond donors (Lipinski definition) is 2. The summed E-state index contributed by atoms with van der Waals surface area (Å²) in [7, 11) is 0. The van der Waals surface area contributed by atoms with Gasteiger partial charge < -0.3 is 15.3 Å². The molecule has 0 heterocycles. The number of carbonyl (C=O) groups excluding carboxylic acids is 1. The van der Waals surface area contributed by atoms with E-state index in [1.807, 2.05) is 37.3 Å². The number of hydrogen-bond acceptors (Lipinski definition) is 2. The molecule has 1 unspecified atom stereocenters. The Hall–Kier alpha value is -1.55. The second-order valence-corrected chi connectivity index (χ2v) is 4.73. The molecule has 1 aromatic rings. The van der Waals surface area contributed by atoms with Crippen molar-refractivity contribution >= 4 is 6.03 Å². The van der Waals surface area contributed by atoms with E-state index in [-0.39, 0.29) is 18.7 Å². The molecule has 1 aromatic carbocycles. The van der Waals surface area contributed by atoms with Crippen LogP contribution in [0, 0.1) is 0 Å². The Morgan fingerprint density at radius 1 is 1.44 bits per heavy atom. The summed E-state index contributed by atoms with van der Waals surface area (Å²) in [4.78, 5) is 13.8. The van der Waals surface area contributed by atoms with Crippen molar-refractivity contribution in [3.63, 3.8) is 0 Å². The average molecular weight is 248 g/mol. The molecule has 2 rings (SSSR count). The zero-order chi connectivity index (χ0) is 13.0. The molecule has 1 aliphatic rings. The zero-order valence-electron chi connectivity index (χ0n) is 10.7. The average Bonchev–Trinajstić information content (AvgIpc) is 3.21. The van der Waals surface area contributed by atoms with Crippen LogP contribution in [0.4, 0.5) is 4.79 Å². The molecule has 4 nitrogen and oxygen atoms in total. The van der Waals surface area contributed by atoms with E-state index < -0.39 is 0 Å². The van der Waals surface area contributed by atoms with Crippen molar-refractivity contribution in [1.82, 2.24) is 10.2 Å². The normalized spacial score (nSPS) is 16.1. The van der Waals surface area contributed by atoms with Crippen molar-refractivity contribution in [2.45, 2.75) is 31.8 Å². The molecule has 0 spiro atoms. The number of nitrogens with zero attached hydrogens (tertiary/aromatic N) is 1. The highest BCUT2D eigenvalue weighted by molar-refractivity contribution is 5.75. The molecule has 1 aliphatic carbocycles. The van der Waals surface area contributed by atoms with Gasteiger partial charge in [0.2, 0.25) is 0 Å². The minimum atomic E-state index is -0.0806. The lowest BCUT2D eigenvalue weighted by Crippen LogP contribution is -2.43. The number of nitrogens with one attached hydrogen (secondary N) is 1. The van der Waals surface area contributed by atoms with Gasteiger partial charge in [-0.25, -0.2) is 4.79 Å². The highest BCUT2D eigenvalue weighted by Crippen LogP contribution is 2.27. The summed E-state index contributed by atoms with van der Waals surface area (Å²) in [5.41, 5.74) is 1.09. The molecule has 0 saturated heterocycles. The molecule has 0 aromatic heterocycles. The maximum absolute atomic E-state index is 12.1. The number of rotatable bonds is 5. The Balaban J connectivity index is 1.93. The lowest BCUT2D eigenvalue weighted by Gasteiger charge is -2.24. The van der Waals surface area contributed by atoms with Gasteiger partial charge in [-0.1, -0.05) is 30.3 Å². The van der Waals surface area contributed by atoms with E-state index >= 15 is 0 Å². The summed E-state index contributed by atoms with van der Waals surface area (Å²) in [6.45, 7) is 2.40. The first-order valence-corrected chi connectivity index (χ1v) is 6.45. The molecular weight excluding hydrogens is 228 g/mol. The number of urea groups is 1. The quantitative estimate of drug-likeness (QED) is 0.836. The third-order valence-electron chi connectivity index (χ3n) is 3.23. The standard InChI is InChI=1S/C14H20N2O2/c1-11(12-5-3-2-4-6-12)15-14(18)16(9-10-17)13-7-8-13/h2-6,11,13,17H,7-10H2,1H3,(H,15,18). The van der Waals surface area contributed by atoms with E-state index in [9.17, 15) is 4.79 Å². The summed E-state index contributed by atoms with van der Waals surface area (Å²) in [5, 5.41) is 12.0. The number of carbonyl (C=O) groups is 1. The number of benzene rings is 1. The molecule has 1 fully saturated rings. The number of amides is 2. The van der Waals surface area contributed by atoms with Gasteiger partial charge in [-0.2, -0.15) is 0 Å². The lowest BCUT2D eigenvalue weighted by atomic mass is 10.1. The maximum Gasteiger partial charge on any atom is 0.318 e. The molecule has 0 aliphatic heterocycles. The summed E-state index contributed by atoms with van der Waals surface area (Å²) in [6, 6.07) is 10.1. The Morgan fingerprint density at radius 3 is 2.67 bits per heavy atom. The SMILES string of the molecule is CC(NC(=O)N(CCO)C1CC1)c1ccccc1. The Bertz CT molecular complexity index is 390. The van der Waals surface area contributed by atoms with Gasteiger partial charge in [-0.15, -0.1) is 0 Å². The molecule has 2 N–H and O–H groups in total. The van der Waals surface area contributed by atoms with Gasteiger partial charge >= 0.3 is 6.03 Å². The van der Waals surface area contributed by atoms with E-state index in [0.29, 0.717) is 12.6 Å². The van der Waals surface area contributed by atoms with Crippen molar-refractivity contribution in [1.29, 1.82) is 0 Å². The van der Waals surface area contributed by atoms with Gasteiger partial charge in [-0.3, -0.25) is 0 Å². The maximum atomic E-state index is 12.1. The van der Waals surface area contributed by atoms with Crippen LogP contribution < -0.4 is 5.32 Å². The van der Waals surface area contributed by atoms with E-state index in [0.717, 1.165) is 18.4 Å². The molecule has 1 saturated carbocycles. The van der Waals surface area contributed by atoms with Crippen LogP contribution in [0.2, 0.25) is 0 Å². The molecule has 0 radical (unpaired) electrons. The minimum absolute atomic E-state index is 0.0151. The zero-order valence-corrected chi connectivity index (χ0v) is 10.7. The first-order valence-electron chi connectivity index (χ1n) is 6.45. The fraction of sp³-hybridized carbons (Fsp3) is 0.500. The van der Waals surface area contributed by atoms with Crippen LogP contribution in [-0.4, -0.2) is 35.2 Å². The molecule has 0 bridgehead atoms. The van der Waals surface area contributed by atoms with Gasteiger partial charge in [-0.05, 0) is 25.3 Å². The van der Waals surface area contributed by atoms with E-state index in [1.165, 1.54) is 0 Å². The second kappa shape index (κ2) is 5.87. The summed E-state index contributed by atoms with van der Waals surface area (Å²) in [6.07, 6.45) is 2.10. The monoisotopic (exact) mass is 248 g/mol. The Labute approximate surface area is 108 Å². The second-order valence-electron chi connectivity index (χ2n) is 4.73. The molecule has 1 atom stereocenters. The molecule has 98 valence electrons. The number of aliphatic hydroxyl groups is 1. The fourth-order valence-electron chi connectivity index (χ4n) is 2.04. The molecular formula is C14H20N2O2. The number of aliphatic hydroxyl groups excluding tert-OH is 1. The minimum Gasteiger partial charge on any atom is -0.395 e. The van der Waals surface area contributed by atoms with Crippen LogP contribution in [0.1, 0.15) is 31.4 Å². The molecule has 4 heteroatoms. The van der Waals surface area contributed by atoms with Crippen LogP contribution in [0.25, 0.3) is 0 Å². The van der Waals surface area contributed by atoms with Gasteiger partial charge in [0.15, 0.2) is 0 Å². The first-order chi connectivity index (χ1) is 8.72. The highest BCUT2D eigenvalue weighted by Gasteiger charge is 2.32. The Morgan fingerprint density at radius 2 is 2.11 bits per heavy atom.